The highest BCUT2D eigenvalue weighted by molar-refractivity contribution is 6.38. The van der Waals surface area contributed by atoms with Crippen LogP contribution in [0.5, 0.6) is 0 Å². The summed E-state index contributed by atoms with van der Waals surface area (Å²) in [5.74, 6) is 0. The topological polar surface area (TPSA) is 18.1 Å². The zero-order valence-corrected chi connectivity index (χ0v) is 27.3. The summed E-state index contributed by atoms with van der Waals surface area (Å²) in [7, 11) is 0. The monoisotopic (exact) mass is 625 g/mol. The van der Waals surface area contributed by atoms with Crippen molar-refractivity contribution in [2.24, 2.45) is 0 Å². The fraction of sp³-hybridized carbons (Fsp3) is 0.0638. The van der Waals surface area contributed by atoms with E-state index >= 15 is 0 Å². The van der Waals surface area contributed by atoms with Gasteiger partial charge in [0.15, 0.2) is 0 Å². The van der Waals surface area contributed by atoms with Gasteiger partial charge in [0.25, 0.3) is 0 Å². The van der Waals surface area contributed by atoms with Crippen molar-refractivity contribution < 1.29 is 4.42 Å². The maximum Gasteiger partial charge on any atom is 0.143 e. The fourth-order valence-electron chi connectivity index (χ4n) is 8.99. The van der Waals surface area contributed by atoms with Gasteiger partial charge in [-0.3, -0.25) is 0 Å². The zero-order chi connectivity index (χ0) is 32.4. The van der Waals surface area contributed by atoms with E-state index in [0.29, 0.717) is 0 Å². The molecule has 0 atom stereocenters. The summed E-state index contributed by atoms with van der Waals surface area (Å²) in [6.45, 7) is 4.69. The molecule has 1 aliphatic rings. The Balaban J connectivity index is 1.27. The van der Waals surface area contributed by atoms with E-state index in [1.165, 1.54) is 76.6 Å². The molecule has 0 bridgehead atoms. The summed E-state index contributed by atoms with van der Waals surface area (Å²) < 4.78 is 9.39. The van der Waals surface area contributed by atoms with Gasteiger partial charge in [0.2, 0.25) is 0 Å². The molecule has 2 nitrogen and oxygen atoms in total. The van der Waals surface area contributed by atoms with E-state index in [9.17, 15) is 0 Å². The molecule has 11 rings (SSSR count). The molecular weight excluding hydrogens is 595 g/mol. The molecule has 2 aromatic heterocycles. The highest BCUT2D eigenvalue weighted by Gasteiger charge is 2.35. The number of hydrogen-bond donors (Lipinski definition) is 0. The standard InChI is InChI=1S/C47H31NO/c1-47(2)38-22-11-10-17-33(38)34-24-23-28(27-39(34)47)30-20-12-21-37-42-41(49-46(30)37)26-25-40-44(42)43-35-18-8-6-15-31(35)32-16-7-9-19-36(32)45(43)48(40)29-13-4-3-5-14-29/h3-27H,1-2H3. The first-order chi connectivity index (χ1) is 24.1. The molecule has 1 aliphatic carbocycles. The van der Waals surface area contributed by atoms with Crippen LogP contribution in [-0.2, 0) is 5.41 Å². The minimum absolute atomic E-state index is 0.0705. The lowest BCUT2D eigenvalue weighted by Gasteiger charge is -2.22. The predicted octanol–water partition coefficient (Wildman–Crippen LogP) is 13.0. The zero-order valence-electron chi connectivity index (χ0n) is 27.3. The van der Waals surface area contributed by atoms with E-state index in [1.807, 2.05) is 0 Å². The third-order valence-electron chi connectivity index (χ3n) is 11.2. The molecule has 0 unspecified atom stereocenters. The lowest BCUT2D eigenvalue weighted by Crippen LogP contribution is -2.14. The van der Waals surface area contributed by atoms with Gasteiger partial charge in [-0.1, -0.05) is 135 Å². The summed E-state index contributed by atoms with van der Waals surface area (Å²) in [5, 5.41) is 9.86. The van der Waals surface area contributed by atoms with Crippen molar-refractivity contribution in [2.75, 3.05) is 0 Å². The largest absolute Gasteiger partial charge is 0.455 e. The Morgan fingerprint density at radius 1 is 0.469 bits per heavy atom. The lowest BCUT2D eigenvalue weighted by molar-refractivity contribution is 0.660. The van der Waals surface area contributed by atoms with Gasteiger partial charge in [0.1, 0.15) is 11.2 Å². The van der Waals surface area contributed by atoms with Crippen LogP contribution in [0.4, 0.5) is 0 Å². The molecule has 0 amide bonds. The Bertz CT molecular complexity index is 3010. The van der Waals surface area contributed by atoms with Gasteiger partial charge < -0.3 is 8.98 Å². The third-order valence-corrected chi connectivity index (χ3v) is 11.2. The predicted molar refractivity (Wildman–Crippen MR) is 206 cm³/mol. The minimum Gasteiger partial charge on any atom is -0.455 e. The minimum atomic E-state index is -0.0705. The van der Waals surface area contributed by atoms with E-state index in [4.69, 9.17) is 4.42 Å². The smallest absolute Gasteiger partial charge is 0.143 e. The Morgan fingerprint density at radius 2 is 1.12 bits per heavy atom. The Morgan fingerprint density at radius 3 is 1.96 bits per heavy atom. The second-order valence-electron chi connectivity index (χ2n) is 14.0. The van der Waals surface area contributed by atoms with E-state index in [1.54, 1.807) is 0 Å². The van der Waals surface area contributed by atoms with Crippen molar-refractivity contribution in [3.63, 3.8) is 0 Å². The van der Waals surface area contributed by atoms with Crippen LogP contribution in [-0.4, -0.2) is 4.57 Å². The Hall–Kier alpha value is -6.12. The fourth-order valence-corrected chi connectivity index (χ4v) is 8.99. The van der Waals surface area contributed by atoms with Crippen molar-refractivity contribution in [3.8, 4) is 27.9 Å². The number of para-hydroxylation sites is 2. The van der Waals surface area contributed by atoms with Crippen LogP contribution in [0.1, 0.15) is 25.0 Å². The molecule has 10 aromatic rings. The SMILES string of the molecule is CC1(C)c2ccccc2-c2ccc(-c3cccc4c3oc3ccc5c(c34)c3c4ccccc4c4ccccc4c3n5-c3ccccc3)cc21. The lowest BCUT2D eigenvalue weighted by atomic mass is 9.81. The Kier molecular flexibility index (Phi) is 5.21. The number of nitrogens with zero attached hydrogens (tertiary/aromatic N) is 1. The third kappa shape index (κ3) is 3.45. The number of benzene rings is 8. The van der Waals surface area contributed by atoms with E-state index in [-0.39, 0.29) is 5.41 Å². The van der Waals surface area contributed by atoms with Gasteiger partial charge in [-0.25, -0.2) is 0 Å². The summed E-state index contributed by atoms with van der Waals surface area (Å²) in [6.07, 6.45) is 0. The summed E-state index contributed by atoms with van der Waals surface area (Å²) in [4.78, 5) is 0. The molecule has 0 spiro atoms. The highest BCUT2D eigenvalue weighted by atomic mass is 16.3. The molecule has 0 fully saturated rings. The average molecular weight is 626 g/mol. The molecule has 49 heavy (non-hydrogen) atoms. The molecule has 0 N–H and O–H groups in total. The highest BCUT2D eigenvalue weighted by Crippen LogP contribution is 2.51. The van der Waals surface area contributed by atoms with Crippen molar-refractivity contribution in [1.29, 1.82) is 0 Å². The molecule has 8 aromatic carbocycles. The van der Waals surface area contributed by atoms with Crippen LogP contribution in [0.25, 0.3) is 93.2 Å². The van der Waals surface area contributed by atoms with Crippen LogP contribution in [0.15, 0.2) is 156 Å². The first-order valence-corrected chi connectivity index (χ1v) is 17.1. The summed E-state index contributed by atoms with van der Waals surface area (Å²) in [5.41, 5.74) is 13.1. The van der Waals surface area contributed by atoms with Crippen molar-refractivity contribution >= 4 is 65.3 Å². The van der Waals surface area contributed by atoms with Crippen LogP contribution in [0, 0.1) is 0 Å². The van der Waals surface area contributed by atoms with Gasteiger partial charge in [-0.05, 0) is 74.3 Å². The van der Waals surface area contributed by atoms with Crippen LogP contribution >= 0.6 is 0 Å². The average Bonchev–Trinajstić information content (AvgIpc) is 3.78. The van der Waals surface area contributed by atoms with Gasteiger partial charge in [-0.2, -0.15) is 0 Å². The molecule has 0 aliphatic heterocycles. The number of rotatable bonds is 2. The molecule has 2 heteroatoms. The first-order valence-electron chi connectivity index (χ1n) is 17.1. The second-order valence-corrected chi connectivity index (χ2v) is 14.0. The number of fused-ring (bicyclic) bond motifs is 15. The van der Waals surface area contributed by atoms with E-state index in [0.717, 1.165) is 27.8 Å². The van der Waals surface area contributed by atoms with Gasteiger partial charge in [-0.15, -0.1) is 0 Å². The van der Waals surface area contributed by atoms with Crippen LogP contribution in [0.2, 0.25) is 0 Å². The summed E-state index contributed by atoms with van der Waals surface area (Å²) >= 11 is 0. The molecule has 230 valence electrons. The van der Waals surface area contributed by atoms with E-state index in [2.05, 4.69) is 170 Å². The molecule has 0 saturated heterocycles. The van der Waals surface area contributed by atoms with Gasteiger partial charge >= 0.3 is 0 Å². The van der Waals surface area contributed by atoms with E-state index < -0.39 is 0 Å². The molecule has 2 heterocycles. The molecule has 0 saturated carbocycles. The Labute approximate surface area is 283 Å². The van der Waals surface area contributed by atoms with Crippen LogP contribution in [0.3, 0.4) is 0 Å². The molecular formula is C47H31NO. The van der Waals surface area contributed by atoms with Gasteiger partial charge in [0, 0.05) is 43.6 Å². The van der Waals surface area contributed by atoms with Gasteiger partial charge in [0.05, 0.1) is 11.0 Å². The normalized spacial score (nSPS) is 13.7. The van der Waals surface area contributed by atoms with Crippen LogP contribution < -0.4 is 0 Å². The first kappa shape index (κ1) is 26.9. The molecule has 0 radical (unpaired) electrons. The maximum atomic E-state index is 6.93. The maximum absolute atomic E-state index is 6.93. The quantitative estimate of drug-likeness (QED) is 0.175. The van der Waals surface area contributed by atoms with Crippen molar-refractivity contribution in [3.05, 3.63) is 163 Å². The summed E-state index contributed by atoms with van der Waals surface area (Å²) in [6, 6.07) is 55.4. The number of aromatic nitrogens is 1. The van der Waals surface area contributed by atoms with Crippen molar-refractivity contribution in [2.45, 2.75) is 19.3 Å². The van der Waals surface area contributed by atoms with Crippen molar-refractivity contribution in [1.82, 2.24) is 4.57 Å². The second kappa shape index (κ2) is 9.49. The number of furan rings is 1. The number of hydrogen-bond acceptors (Lipinski definition) is 1.